The largest absolute Gasteiger partial charge is 1.00 e. The summed E-state index contributed by atoms with van der Waals surface area (Å²) in [4.78, 5) is 43.1. The van der Waals surface area contributed by atoms with Crippen molar-refractivity contribution in [3.05, 3.63) is 44.5 Å². The van der Waals surface area contributed by atoms with Crippen LogP contribution < -0.4 is 59.7 Å². The van der Waals surface area contributed by atoms with Gasteiger partial charge in [-0.15, -0.1) is 11.5 Å². The van der Waals surface area contributed by atoms with E-state index in [-0.39, 0.29) is 77.6 Å². The summed E-state index contributed by atoms with van der Waals surface area (Å²) < 4.78 is 9.70. The molecule has 20 heteroatoms. The van der Waals surface area contributed by atoms with Gasteiger partial charge in [0.05, 0.1) is 15.9 Å². The summed E-state index contributed by atoms with van der Waals surface area (Å²) in [5.41, 5.74) is -1.16. The van der Waals surface area contributed by atoms with Crippen LogP contribution in [0.4, 0.5) is 22.7 Å². The number of hydrogen-bond donors (Lipinski definition) is 5. The number of carbonyl (C=O) groups is 2. The predicted molar refractivity (Wildman–Crippen MR) is 131 cm³/mol. The average molecular weight is 572 g/mol. The molecule has 17 nitrogen and oxygen atoms in total. The third kappa shape index (κ3) is 10.5. The number of carbonyl (C=O) groups excluding carboxylic acids is 2. The van der Waals surface area contributed by atoms with E-state index in [1.54, 1.807) is 27.7 Å². The van der Waals surface area contributed by atoms with E-state index in [1.807, 2.05) is 0 Å². The zero-order valence-corrected chi connectivity index (χ0v) is 23.9. The van der Waals surface area contributed by atoms with Gasteiger partial charge in [0.1, 0.15) is 17.1 Å². The monoisotopic (exact) mass is 572 g/mol. The Hall–Kier alpha value is -3.61. The molecule has 0 spiro atoms. The number of hydrogen-bond acceptors (Lipinski definition) is 13. The minimum atomic E-state index is -1.49. The van der Waals surface area contributed by atoms with Crippen LogP contribution in [-0.4, -0.2) is 51.7 Å². The van der Waals surface area contributed by atoms with E-state index in [2.05, 4.69) is 10.6 Å². The van der Waals surface area contributed by atoms with Crippen LogP contribution in [0.25, 0.3) is 0 Å². The number of nitro benzene ring substituents is 2. The maximum absolute atomic E-state index is 11.6. The van der Waals surface area contributed by atoms with E-state index in [0.29, 0.717) is 6.07 Å². The Morgan fingerprint density at radius 1 is 0.825 bits per heavy atom. The van der Waals surface area contributed by atoms with E-state index in [1.165, 1.54) is 6.07 Å². The number of nitrogens with one attached hydrogen (secondary N) is 2. The van der Waals surface area contributed by atoms with Gasteiger partial charge in [-0.2, -0.15) is 0 Å². The van der Waals surface area contributed by atoms with E-state index in [0.717, 1.165) is 12.1 Å². The van der Waals surface area contributed by atoms with Crippen molar-refractivity contribution in [2.45, 2.75) is 27.7 Å². The molecule has 5 N–H and O–H groups in total. The second kappa shape index (κ2) is 16.5. The standard InChI is InChI=1S/C10H11BN2O6.C10H12N2O5.BH2O2.Na/c1-5(2)10(14)12-6-3-8-9(19-11(15)18-8)4-7(6)13(16)17;1-5(2)10(15)11-6-3-8(13)9(14)4-7(6)12(16)17;2-1-3;/h3-5,15H,1-2H3,(H,12,14);3-5,13-14H,1-2H3,(H,11,15);2-3H;/q;;;+1/p-2. The van der Waals surface area contributed by atoms with E-state index in [4.69, 9.17) is 24.4 Å². The minimum absolute atomic E-state index is 0. The van der Waals surface area contributed by atoms with E-state index >= 15 is 0 Å². The maximum atomic E-state index is 11.6. The number of rotatable bonds is 6. The molecule has 0 fully saturated rings. The summed E-state index contributed by atoms with van der Waals surface area (Å²) in [6.45, 7) is 6.53. The summed E-state index contributed by atoms with van der Waals surface area (Å²) in [7, 11) is -1.49. The van der Waals surface area contributed by atoms with Crippen LogP contribution in [0.5, 0.6) is 23.0 Å². The molecule has 0 aliphatic carbocycles. The quantitative estimate of drug-likeness (QED) is 0.130. The minimum Gasteiger partial charge on any atom is -0.873 e. The molecule has 1 radical (unpaired) electrons. The maximum Gasteiger partial charge on any atom is 1.00 e. The van der Waals surface area contributed by atoms with Crippen LogP contribution in [0.3, 0.4) is 0 Å². The van der Waals surface area contributed by atoms with Crippen LogP contribution in [0.2, 0.25) is 0 Å². The number of amides is 2. The molecule has 0 unspecified atom stereocenters. The molecule has 1 aliphatic rings. The first-order valence-electron chi connectivity index (χ1n) is 10.8. The molecule has 0 saturated carbocycles. The van der Waals surface area contributed by atoms with Crippen molar-refractivity contribution in [1.29, 1.82) is 0 Å². The number of nitrogens with zero attached hydrogens (tertiary/aromatic N) is 2. The van der Waals surface area contributed by atoms with Crippen LogP contribution in [0.1, 0.15) is 27.7 Å². The predicted octanol–water partition coefficient (Wildman–Crippen LogP) is -3.22. The van der Waals surface area contributed by atoms with Crippen molar-refractivity contribution in [3.8, 4) is 23.0 Å². The summed E-state index contributed by atoms with van der Waals surface area (Å²) in [6.07, 6.45) is 0. The molecule has 0 bridgehead atoms. The van der Waals surface area contributed by atoms with Gasteiger partial charge in [-0.3, -0.25) is 29.8 Å². The van der Waals surface area contributed by atoms with Crippen LogP contribution >= 0.6 is 0 Å². The van der Waals surface area contributed by atoms with Gasteiger partial charge in [0.25, 0.3) is 11.4 Å². The topological polar surface area (TPSA) is 270 Å². The zero-order chi connectivity index (χ0) is 30.0. The number of anilines is 2. The molecule has 1 aliphatic heterocycles. The van der Waals surface area contributed by atoms with E-state index in [9.17, 15) is 40.0 Å². The van der Waals surface area contributed by atoms with Gasteiger partial charge in [-0.05, 0) is 6.07 Å². The molecular formula is C20H23B2N4NaO13-. The fourth-order valence-electron chi connectivity index (χ4n) is 2.58. The van der Waals surface area contributed by atoms with Crippen molar-refractivity contribution in [3.63, 3.8) is 0 Å². The van der Waals surface area contributed by atoms with Crippen molar-refractivity contribution in [2.24, 2.45) is 11.8 Å². The van der Waals surface area contributed by atoms with Gasteiger partial charge in [0.2, 0.25) is 11.8 Å². The van der Waals surface area contributed by atoms with Gasteiger partial charge in [-0.1, -0.05) is 27.7 Å². The van der Waals surface area contributed by atoms with Crippen LogP contribution in [-0.2, 0) is 9.59 Å². The van der Waals surface area contributed by atoms with E-state index < -0.39 is 46.2 Å². The number of nitro groups is 2. The first kappa shape index (κ1) is 36.4. The van der Waals surface area contributed by atoms with Crippen molar-refractivity contribution in [1.82, 2.24) is 0 Å². The SMILES string of the molecule is CC(C)C(=O)Nc1cc([O-])c([O-])cc1[N+](=O)[O-].CC(C)C(=O)Nc1cc2c(cc1[N+](=O)[O-])OB(O)O2.O[B]O.[Na+]. The molecule has 2 aromatic rings. The van der Waals surface area contributed by atoms with Gasteiger partial charge < -0.3 is 45.2 Å². The second-order valence-corrected chi connectivity index (χ2v) is 8.09. The molecule has 1 heterocycles. The van der Waals surface area contributed by atoms with Gasteiger partial charge in [-0.25, -0.2) is 0 Å². The summed E-state index contributed by atoms with van der Waals surface area (Å²) >= 11 is 0. The fraction of sp³-hybridized carbons (Fsp3) is 0.300. The Kier molecular flexibility index (Phi) is 15.0. The summed E-state index contributed by atoms with van der Waals surface area (Å²) in [5.74, 6) is -3.21. The smallest absolute Gasteiger partial charge is 0.873 e. The normalized spacial score (nSPS) is 10.8. The number of benzene rings is 2. The first-order chi connectivity index (χ1) is 18.1. The molecule has 2 aromatic carbocycles. The summed E-state index contributed by atoms with van der Waals surface area (Å²) in [6, 6.07) is 3.73. The Bertz CT molecular complexity index is 1230. The Morgan fingerprint density at radius 2 is 1.18 bits per heavy atom. The molecule has 0 saturated heterocycles. The molecule has 3 rings (SSSR count). The second-order valence-electron chi connectivity index (χ2n) is 8.09. The van der Waals surface area contributed by atoms with Gasteiger partial charge in [0.15, 0.2) is 5.75 Å². The Morgan fingerprint density at radius 3 is 1.57 bits per heavy atom. The average Bonchev–Trinajstić information content (AvgIpc) is 3.20. The third-order valence-corrected chi connectivity index (χ3v) is 4.54. The molecule has 40 heavy (non-hydrogen) atoms. The Labute approximate surface area is 250 Å². The van der Waals surface area contributed by atoms with Gasteiger partial charge in [0, 0.05) is 24.0 Å². The molecule has 2 amide bonds. The van der Waals surface area contributed by atoms with Crippen molar-refractivity contribution in [2.75, 3.05) is 10.6 Å². The third-order valence-electron chi connectivity index (χ3n) is 4.54. The zero-order valence-electron chi connectivity index (χ0n) is 21.9. The fourth-order valence-corrected chi connectivity index (χ4v) is 2.58. The molecular weight excluding hydrogens is 549 g/mol. The van der Waals surface area contributed by atoms with Crippen molar-refractivity contribution < 1.29 is 83.6 Å². The van der Waals surface area contributed by atoms with Gasteiger partial charge >= 0.3 is 44.6 Å². The van der Waals surface area contributed by atoms with Crippen LogP contribution in [0.15, 0.2) is 24.3 Å². The number of fused-ring (bicyclic) bond motifs is 1. The molecule has 209 valence electrons. The van der Waals surface area contributed by atoms with Crippen LogP contribution in [0, 0.1) is 32.1 Å². The molecule has 0 atom stereocenters. The Balaban J connectivity index is 0.000000681. The first-order valence-corrected chi connectivity index (χ1v) is 10.8. The molecule has 0 aromatic heterocycles. The summed E-state index contributed by atoms with van der Waals surface area (Å²) in [5, 5.41) is 71.5. The van der Waals surface area contributed by atoms with Crippen molar-refractivity contribution >= 4 is 49.6 Å².